The van der Waals surface area contributed by atoms with Crippen molar-refractivity contribution in [2.24, 2.45) is 0 Å². The van der Waals surface area contributed by atoms with Crippen molar-refractivity contribution < 1.29 is 14.5 Å². The summed E-state index contributed by atoms with van der Waals surface area (Å²) in [6.07, 6.45) is 0.765. The number of hydrogen-bond donors (Lipinski definition) is 1. The number of aryl methyl sites for hydroxylation is 1. The molecule has 25 heavy (non-hydrogen) atoms. The number of para-hydroxylation sites is 1. The number of nitrogens with one attached hydrogen (secondary N) is 1. The number of carbonyl (C=O) groups excluding carboxylic acids is 2. The molecule has 128 valence electrons. The van der Waals surface area contributed by atoms with Crippen molar-refractivity contribution in [1.29, 1.82) is 0 Å². The van der Waals surface area contributed by atoms with Gasteiger partial charge in [-0.05, 0) is 30.2 Å². The van der Waals surface area contributed by atoms with Crippen LogP contribution in [0.1, 0.15) is 18.9 Å². The zero-order chi connectivity index (χ0) is 18.0. The molecule has 0 aromatic heterocycles. The second-order valence-corrected chi connectivity index (χ2v) is 5.75. The quantitative estimate of drug-likeness (QED) is 0.514. The molecule has 1 unspecified atom stereocenters. The van der Waals surface area contributed by atoms with Gasteiger partial charge in [-0.25, -0.2) is 4.90 Å². The maximum absolute atomic E-state index is 12.7. The molecule has 2 amide bonds. The van der Waals surface area contributed by atoms with Crippen molar-refractivity contribution in [3.63, 3.8) is 0 Å². The zero-order valence-electron chi connectivity index (χ0n) is 13.6. The third-order valence-corrected chi connectivity index (χ3v) is 4.18. The molecular weight excluding hydrogens is 322 g/mol. The lowest BCUT2D eigenvalue weighted by atomic mass is 10.1. The van der Waals surface area contributed by atoms with Crippen molar-refractivity contribution in [3.8, 4) is 0 Å². The molecule has 0 bridgehead atoms. The minimum Gasteiger partial charge on any atom is -0.373 e. The smallest absolute Gasteiger partial charge is 0.269 e. The Balaban J connectivity index is 1.80. The topological polar surface area (TPSA) is 92.6 Å². The summed E-state index contributed by atoms with van der Waals surface area (Å²) in [5.74, 6) is -0.574. The first-order valence-corrected chi connectivity index (χ1v) is 7.97. The minimum atomic E-state index is -0.682. The van der Waals surface area contributed by atoms with Gasteiger partial charge in [-0.3, -0.25) is 19.7 Å². The minimum absolute atomic E-state index is 0.0297. The fraction of sp³-hybridized carbons (Fsp3) is 0.222. The standard InChI is InChI=1S/C18H17N3O4/c1-2-12-5-3-4-6-16(12)20-17(22)11-15(18(20)23)19-13-7-9-14(10-8-13)21(24)25/h3-10,15,19H,2,11H2,1H3. The van der Waals surface area contributed by atoms with Crippen LogP contribution in [0.25, 0.3) is 0 Å². The number of nitro groups is 1. The van der Waals surface area contributed by atoms with Crippen LogP contribution in [0, 0.1) is 10.1 Å². The fourth-order valence-corrected chi connectivity index (χ4v) is 2.91. The first kappa shape index (κ1) is 16.6. The summed E-state index contributed by atoms with van der Waals surface area (Å²) in [5.41, 5.74) is 2.08. The van der Waals surface area contributed by atoms with Crippen LogP contribution in [0.15, 0.2) is 48.5 Å². The van der Waals surface area contributed by atoms with E-state index in [0.29, 0.717) is 17.8 Å². The highest BCUT2D eigenvalue weighted by molar-refractivity contribution is 6.23. The second kappa shape index (κ2) is 6.72. The van der Waals surface area contributed by atoms with Gasteiger partial charge in [0.05, 0.1) is 17.0 Å². The largest absolute Gasteiger partial charge is 0.373 e. The highest BCUT2D eigenvalue weighted by Crippen LogP contribution is 2.28. The van der Waals surface area contributed by atoms with Gasteiger partial charge in [0.15, 0.2) is 0 Å². The van der Waals surface area contributed by atoms with Crippen LogP contribution in [0.3, 0.4) is 0 Å². The number of hydrogen-bond acceptors (Lipinski definition) is 5. The van der Waals surface area contributed by atoms with E-state index in [-0.39, 0.29) is 23.9 Å². The molecule has 0 radical (unpaired) electrons. The Labute approximate surface area is 144 Å². The van der Waals surface area contributed by atoms with E-state index >= 15 is 0 Å². The number of nitro benzene ring substituents is 1. The molecule has 1 saturated heterocycles. The predicted molar refractivity (Wildman–Crippen MR) is 93.4 cm³/mol. The molecule has 7 heteroatoms. The molecule has 0 saturated carbocycles. The van der Waals surface area contributed by atoms with Crippen molar-refractivity contribution in [2.75, 3.05) is 10.2 Å². The average molecular weight is 339 g/mol. The van der Waals surface area contributed by atoms with E-state index in [0.717, 1.165) is 5.56 Å². The van der Waals surface area contributed by atoms with Gasteiger partial charge in [-0.15, -0.1) is 0 Å². The van der Waals surface area contributed by atoms with Crippen LogP contribution in [0.2, 0.25) is 0 Å². The van der Waals surface area contributed by atoms with E-state index in [1.807, 2.05) is 19.1 Å². The van der Waals surface area contributed by atoms with Gasteiger partial charge in [0.2, 0.25) is 5.91 Å². The lowest BCUT2D eigenvalue weighted by Gasteiger charge is -2.18. The molecule has 1 fully saturated rings. The molecule has 3 rings (SSSR count). The molecule has 1 aliphatic rings. The van der Waals surface area contributed by atoms with Crippen molar-refractivity contribution >= 4 is 28.9 Å². The number of imide groups is 1. The maximum Gasteiger partial charge on any atom is 0.269 e. The van der Waals surface area contributed by atoms with Gasteiger partial charge in [0.25, 0.3) is 11.6 Å². The third kappa shape index (κ3) is 3.21. The van der Waals surface area contributed by atoms with Crippen molar-refractivity contribution in [2.45, 2.75) is 25.8 Å². The van der Waals surface area contributed by atoms with Crippen LogP contribution < -0.4 is 10.2 Å². The van der Waals surface area contributed by atoms with E-state index in [4.69, 9.17) is 0 Å². The molecular formula is C18H17N3O4. The SMILES string of the molecule is CCc1ccccc1N1C(=O)CC(Nc2ccc([N+](=O)[O-])cc2)C1=O. The summed E-state index contributed by atoms with van der Waals surface area (Å²) in [5, 5.41) is 13.7. The molecule has 0 spiro atoms. The molecule has 2 aromatic rings. The van der Waals surface area contributed by atoms with Crippen LogP contribution in [-0.2, 0) is 16.0 Å². The number of benzene rings is 2. The van der Waals surface area contributed by atoms with E-state index in [9.17, 15) is 19.7 Å². The molecule has 7 nitrogen and oxygen atoms in total. The summed E-state index contributed by atoms with van der Waals surface area (Å²) >= 11 is 0. The Kier molecular flexibility index (Phi) is 4.47. The van der Waals surface area contributed by atoms with Crippen molar-refractivity contribution in [1.82, 2.24) is 0 Å². The van der Waals surface area contributed by atoms with Gasteiger partial charge in [-0.1, -0.05) is 25.1 Å². The molecule has 2 aromatic carbocycles. The van der Waals surface area contributed by atoms with Crippen LogP contribution >= 0.6 is 0 Å². The second-order valence-electron chi connectivity index (χ2n) is 5.75. The van der Waals surface area contributed by atoms with Gasteiger partial charge in [0, 0.05) is 17.8 Å². The Bertz CT molecular complexity index is 832. The normalized spacial score (nSPS) is 17.0. The Morgan fingerprint density at radius 1 is 1.16 bits per heavy atom. The molecule has 1 aliphatic heterocycles. The van der Waals surface area contributed by atoms with Crippen LogP contribution in [0.4, 0.5) is 17.1 Å². The highest BCUT2D eigenvalue weighted by Gasteiger charge is 2.40. The number of non-ortho nitro benzene ring substituents is 1. The van der Waals surface area contributed by atoms with E-state index in [1.54, 1.807) is 12.1 Å². The Morgan fingerprint density at radius 3 is 2.48 bits per heavy atom. The van der Waals surface area contributed by atoms with Crippen LogP contribution in [-0.4, -0.2) is 22.8 Å². The van der Waals surface area contributed by atoms with Crippen LogP contribution in [0.5, 0.6) is 0 Å². The van der Waals surface area contributed by atoms with Gasteiger partial charge in [-0.2, -0.15) is 0 Å². The maximum atomic E-state index is 12.7. The summed E-state index contributed by atoms with van der Waals surface area (Å²) in [7, 11) is 0. The number of carbonyl (C=O) groups is 2. The third-order valence-electron chi connectivity index (χ3n) is 4.18. The lowest BCUT2D eigenvalue weighted by molar-refractivity contribution is -0.384. The summed E-state index contributed by atoms with van der Waals surface area (Å²) in [4.78, 5) is 36.5. The Morgan fingerprint density at radius 2 is 1.84 bits per heavy atom. The van der Waals surface area contributed by atoms with E-state index < -0.39 is 11.0 Å². The number of nitrogens with zero attached hydrogens (tertiary/aromatic N) is 2. The first-order valence-electron chi connectivity index (χ1n) is 7.97. The summed E-state index contributed by atoms with van der Waals surface area (Å²) < 4.78 is 0. The molecule has 1 atom stereocenters. The zero-order valence-corrected chi connectivity index (χ0v) is 13.6. The summed E-state index contributed by atoms with van der Waals surface area (Å²) in [6, 6.07) is 12.4. The number of amides is 2. The highest BCUT2D eigenvalue weighted by atomic mass is 16.6. The van der Waals surface area contributed by atoms with Crippen molar-refractivity contribution in [3.05, 3.63) is 64.2 Å². The monoisotopic (exact) mass is 339 g/mol. The number of anilines is 2. The first-order chi connectivity index (χ1) is 12.0. The van der Waals surface area contributed by atoms with E-state index in [2.05, 4.69) is 5.32 Å². The van der Waals surface area contributed by atoms with Gasteiger partial charge >= 0.3 is 0 Å². The average Bonchev–Trinajstić information content (AvgIpc) is 2.89. The predicted octanol–water partition coefficient (Wildman–Crippen LogP) is 2.90. The molecule has 1 heterocycles. The molecule has 0 aliphatic carbocycles. The fourth-order valence-electron chi connectivity index (χ4n) is 2.91. The van der Waals surface area contributed by atoms with Gasteiger partial charge in [0.1, 0.15) is 6.04 Å². The molecule has 1 N–H and O–H groups in total. The van der Waals surface area contributed by atoms with E-state index in [1.165, 1.54) is 29.2 Å². The lowest BCUT2D eigenvalue weighted by Crippen LogP contribution is -2.35. The van der Waals surface area contributed by atoms with Gasteiger partial charge < -0.3 is 5.32 Å². The summed E-state index contributed by atoms with van der Waals surface area (Å²) in [6.45, 7) is 1.97. The Hall–Kier alpha value is -3.22. The number of rotatable bonds is 5.